The van der Waals surface area contributed by atoms with Crippen molar-refractivity contribution >= 4 is 32.7 Å². The van der Waals surface area contributed by atoms with Crippen molar-refractivity contribution in [1.29, 1.82) is 0 Å². The zero-order chi connectivity index (χ0) is 19.3. The van der Waals surface area contributed by atoms with Gasteiger partial charge in [-0.3, -0.25) is 10.1 Å². The van der Waals surface area contributed by atoms with Gasteiger partial charge in [-0.15, -0.1) is 0 Å². The molecule has 0 aromatic heterocycles. The zero-order valence-electron chi connectivity index (χ0n) is 15.8. The first-order valence-electron chi connectivity index (χ1n) is 9.97. The summed E-state index contributed by atoms with van der Waals surface area (Å²) in [6.07, 6.45) is 3.96. The van der Waals surface area contributed by atoms with E-state index < -0.39 is 0 Å². The van der Waals surface area contributed by atoms with Crippen molar-refractivity contribution in [1.82, 2.24) is 15.8 Å². The lowest BCUT2D eigenvalue weighted by atomic mass is 9.91. The van der Waals surface area contributed by atoms with Gasteiger partial charge in [0.2, 0.25) is 0 Å². The highest BCUT2D eigenvalue weighted by atomic mass is 79.9. The number of fused-ring (bicyclic) bond motifs is 2. The summed E-state index contributed by atoms with van der Waals surface area (Å²) < 4.78 is 6.34. The molecule has 3 aliphatic rings. The minimum Gasteiger partial charge on any atom is -0.466 e. The number of esters is 1. The monoisotopic (exact) mass is 441 g/mol. The van der Waals surface area contributed by atoms with Gasteiger partial charge in [-0.25, -0.2) is 0 Å². The Morgan fingerprint density at radius 1 is 1.21 bits per heavy atom. The van der Waals surface area contributed by atoms with E-state index in [9.17, 15) is 4.79 Å². The van der Waals surface area contributed by atoms with Crippen LogP contribution >= 0.6 is 15.9 Å². The fourth-order valence-corrected chi connectivity index (χ4v) is 5.12. The zero-order valence-corrected chi connectivity index (χ0v) is 17.4. The minimum absolute atomic E-state index is 0.0402. The van der Waals surface area contributed by atoms with Crippen LogP contribution in [0.15, 0.2) is 53.1 Å². The van der Waals surface area contributed by atoms with Gasteiger partial charge in [-0.1, -0.05) is 52.3 Å². The van der Waals surface area contributed by atoms with Gasteiger partial charge in [0.05, 0.1) is 18.6 Å². The number of ether oxygens (including phenoxy) is 1. The molecule has 5 rings (SSSR count). The van der Waals surface area contributed by atoms with Crippen molar-refractivity contribution in [3.8, 4) is 0 Å². The molecule has 1 aliphatic carbocycles. The number of halogens is 1. The van der Waals surface area contributed by atoms with Crippen molar-refractivity contribution in [2.45, 2.75) is 38.0 Å². The van der Waals surface area contributed by atoms with E-state index in [4.69, 9.17) is 4.74 Å². The molecule has 2 aliphatic heterocycles. The van der Waals surface area contributed by atoms with Gasteiger partial charge >= 0.3 is 5.97 Å². The van der Waals surface area contributed by atoms with Crippen molar-refractivity contribution in [2.24, 2.45) is 11.8 Å². The van der Waals surface area contributed by atoms with Crippen molar-refractivity contribution in [3.63, 3.8) is 0 Å². The summed E-state index contributed by atoms with van der Waals surface area (Å²) in [6, 6.07) is 15.7. The Hall–Kier alpha value is -1.89. The molecule has 0 spiro atoms. The molecular weight excluding hydrogens is 418 g/mol. The number of nitrogens with zero attached hydrogens (tertiary/aromatic N) is 1. The molecule has 146 valence electrons. The molecule has 5 atom stereocenters. The molecule has 1 saturated carbocycles. The maximum atomic E-state index is 12.2. The second kappa shape index (κ2) is 7.17. The van der Waals surface area contributed by atoms with E-state index in [0.717, 1.165) is 17.3 Å². The van der Waals surface area contributed by atoms with E-state index in [0.29, 0.717) is 12.5 Å². The fourth-order valence-electron chi connectivity index (χ4n) is 4.67. The number of rotatable bonds is 4. The van der Waals surface area contributed by atoms with E-state index >= 15 is 0 Å². The fraction of sp³-hybridized carbons (Fsp3) is 0.409. The van der Waals surface area contributed by atoms with E-state index in [1.54, 1.807) is 0 Å². The molecule has 2 aromatic carbocycles. The number of hydrogen-bond donors (Lipinski definition) is 2. The Morgan fingerprint density at radius 3 is 2.86 bits per heavy atom. The highest BCUT2D eigenvalue weighted by Gasteiger charge is 2.52. The van der Waals surface area contributed by atoms with Crippen LogP contribution in [0.2, 0.25) is 0 Å². The number of hydrogen-bond acceptors (Lipinski definition) is 5. The third-order valence-electron chi connectivity index (χ3n) is 6.18. The van der Waals surface area contributed by atoms with E-state index in [2.05, 4.69) is 74.1 Å². The van der Waals surface area contributed by atoms with Crippen molar-refractivity contribution < 1.29 is 9.53 Å². The van der Waals surface area contributed by atoms with Crippen LogP contribution < -0.4 is 10.7 Å². The third-order valence-corrected chi connectivity index (χ3v) is 6.84. The molecule has 2 aromatic rings. The quantitative estimate of drug-likeness (QED) is 0.706. The normalized spacial score (nSPS) is 31.8. The second-order valence-corrected chi connectivity index (χ2v) is 8.77. The third kappa shape index (κ3) is 3.13. The number of nitrogens with one attached hydrogen (secondary N) is 2. The topological polar surface area (TPSA) is 53.6 Å². The first-order valence-corrected chi connectivity index (χ1v) is 10.8. The molecule has 2 heterocycles. The minimum atomic E-state index is -0.0434. The Labute approximate surface area is 173 Å². The van der Waals surface area contributed by atoms with Crippen LogP contribution in [0, 0.1) is 11.8 Å². The highest BCUT2D eigenvalue weighted by molar-refractivity contribution is 9.11. The molecule has 0 bridgehead atoms. The Bertz CT molecular complexity index is 946. The van der Waals surface area contributed by atoms with Gasteiger partial charge in [0.1, 0.15) is 6.17 Å². The second-order valence-electron chi connectivity index (χ2n) is 7.86. The predicted molar refractivity (Wildman–Crippen MR) is 112 cm³/mol. The molecule has 0 radical (unpaired) electrons. The molecule has 28 heavy (non-hydrogen) atoms. The summed E-state index contributed by atoms with van der Waals surface area (Å²) in [5, 5.41) is 8.52. The largest absolute Gasteiger partial charge is 0.466 e. The maximum absolute atomic E-state index is 12.2. The van der Waals surface area contributed by atoms with Crippen molar-refractivity contribution in [2.75, 3.05) is 6.61 Å². The summed E-state index contributed by atoms with van der Waals surface area (Å²) in [5.41, 5.74) is 4.71. The molecule has 2 fully saturated rings. The average molecular weight is 442 g/mol. The maximum Gasteiger partial charge on any atom is 0.309 e. The van der Waals surface area contributed by atoms with Gasteiger partial charge in [-0.05, 0) is 48.1 Å². The first kappa shape index (κ1) is 18.2. The lowest BCUT2D eigenvalue weighted by molar-refractivity contribution is -0.145. The molecule has 5 unspecified atom stereocenters. The van der Waals surface area contributed by atoms with Crippen molar-refractivity contribution in [3.05, 3.63) is 58.7 Å². The molecule has 5 nitrogen and oxygen atoms in total. The molecule has 2 N–H and O–H groups in total. The van der Waals surface area contributed by atoms with Crippen LogP contribution in [-0.2, 0) is 9.53 Å². The van der Waals surface area contributed by atoms with Crippen LogP contribution in [0.3, 0.4) is 0 Å². The number of benzene rings is 2. The SMILES string of the molecule is CCOC(=O)C1CC1C1CC(c2ccc3ccccc3c2)N2NC=C(Br)C2N1. The van der Waals surface area contributed by atoms with E-state index in [1.165, 1.54) is 16.3 Å². The molecule has 6 heteroatoms. The molecule has 0 amide bonds. The van der Waals surface area contributed by atoms with Crippen LogP contribution in [0.25, 0.3) is 10.8 Å². The van der Waals surface area contributed by atoms with Gasteiger partial charge in [0.25, 0.3) is 0 Å². The Kier molecular flexibility index (Phi) is 4.65. The lowest BCUT2D eigenvalue weighted by Gasteiger charge is -2.43. The van der Waals surface area contributed by atoms with Gasteiger partial charge < -0.3 is 10.2 Å². The Morgan fingerprint density at radius 2 is 2.04 bits per heavy atom. The smallest absolute Gasteiger partial charge is 0.309 e. The number of carbonyl (C=O) groups is 1. The standard InChI is InChI=1S/C22H24BrN3O2/c1-2-28-22(27)17-10-16(17)19-11-20(26-21(25-19)18(23)12-24-26)15-8-7-13-5-3-4-6-14(13)9-15/h3-9,12,16-17,19-21,24-25H,2,10-11H2,1H3. The summed E-state index contributed by atoms with van der Waals surface area (Å²) in [7, 11) is 0. The molecular formula is C22H24BrN3O2. The van der Waals surface area contributed by atoms with Crippen LogP contribution in [0.1, 0.15) is 31.4 Å². The van der Waals surface area contributed by atoms with Crippen LogP contribution in [0.4, 0.5) is 0 Å². The predicted octanol–water partition coefficient (Wildman–Crippen LogP) is 3.82. The average Bonchev–Trinajstić information content (AvgIpc) is 3.44. The van der Waals surface area contributed by atoms with Gasteiger partial charge in [0.15, 0.2) is 0 Å². The molecule has 1 saturated heterocycles. The highest BCUT2D eigenvalue weighted by Crippen LogP contribution is 2.48. The number of hydrazine groups is 1. The first-order chi connectivity index (χ1) is 13.7. The summed E-state index contributed by atoms with van der Waals surface area (Å²) in [6.45, 7) is 2.32. The number of carbonyl (C=O) groups excluding carboxylic acids is 1. The summed E-state index contributed by atoms with van der Waals surface area (Å²) in [5.74, 6) is 0.349. The van der Waals surface area contributed by atoms with E-state index in [-0.39, 0.29) is 30.1 Å². The Balaban J connectivity index is 1.42. The van der Waals surface area contributed by atoms with E-state index in [1.807, 2.05) is 13.1 Å². The van der Waals surface area contributed by atoms with Gasteiger partial charge in [0, 0.05) is 16.7 Å². The van der Waals surface area contributed by atoms with Crippen LogP contribution in [-0.4, -0.2) is 29.8 Å². The summed E-state index contributed by atoms with van der Waals surface area (Å²) >= 11 is 3.69. The van der Waals surface area contributed by atoms with Crippen LogP contribution in [0.5, 0.6) is 0 Å². The summed E-state index contributed by atoms with van der Waals surface area (Å²) in [4.78, 5) is 12.2. The van der Waals surface area contributed by atoms with Gasteiger partial charge in [-0.2, -0.15) is 5.01 Å². The lowest BCUT2D eigenvalue weighted by Crippen LogP contribution is -2.58.